The molecule has 2 rings (SSSR count). The van der Waals surface area contributed by atoms with E-state index in [9.17, 15) is 4.79 Å². The number of thioether (sulfide) groups is 1. The summed E-state index contributed by atoms with van der Waals surface area (Å²) < 4.78 is 5.57. The second-order valence-electron chi connectivity index (χ2n) is 6.45. The van der Waals surface area contributed by atoms with Crippen LogP contribution in [0.25, 0.3) is 0 Å². The average Bonchev–Trinajstić information content (AvgIpc) is 2.52. The second-order valence-corrected chi connectivity index (χ2v) is 8.25. The quantitative estimate of drug-likeness (QED) is 0.897. The SMILES string of the molecule is COc1ccccc1C1CNCCN1C(=O)CSC(C)(C)C.Cl. The average molecular weight is 359 g/mol. The Morgan fingerprint density at radius 1 is 1.39 bits per heavy atom. The lowest BCUT2D eigenvalue weighted by Gasteiger charge is -2.37. The molecule has 0 spiro atoms. The third kappa shape index (κ3) is 5.59. The molecule has 1 aliphatic heterocycles. The summed E-state index contributed by atoms with van der Waals surface area (Å²) in [5.41, 5.74) is 1.08. The van der Waals surface area contributed by atoms with Crippen molar-refractivity contribution in [3.63, 3.8) is 0 Å². The van der Waals surface area contributed by atoms with Gasteiger partial charge in [0.25, 0.3) is 0 Å². The molecule has 1 fully saturated rings. The van der Waals surface area contributed by atoms with Gasteiger partial charge in [0.2, 0.25) is 5.91 Å². The topological polar surface area (TPSA) is 41.6 Å². The van der Waals surface area contributed by atoms with Crippen LogP contribution in [-0.4, -0.2) is 48.1 Å². The molecule has 1 aliphatic rings. The maximum absolute atomic E-state index is 12.7. The summed E-state index contributed by atoms with van der Waals surface area (Å²) in [6, 6.07) is 8.00. The standard InChI is InChI=1S/C17H26N2O2S.ClH/c1-17(2,3)22-12-16(20)19-10-9-18-11-14(19)13-7-5-6-8-15(13)21-4;/h5-8,14,18H,9-12H2,1-4H3;1H. The van der Waals surface area contributed by atoms with E-state index in [0.717, 1.165) is 30.9 Å². The zero-order chi connectivity index (χ0) is 16.2. The molecule has 6 heteroatoms. The minimum atomic E-state index is 0. The lowest BCUT2D eigenvalue weighted by molar-refractivity contribution is -0.131. The number of rotatable bonds is 4. The van der Waals surface area contributed by atoms with Gasteiger partial charge in [-0.05, 0) is 6.07 Å². The Bertz CT molecular complexity index is 520. The van der Waals surface area contributed by atoms with Gasteiger partial charge in [-0.25, -0.2) is 0 Å². The fourth-order valence-corrected chi connectivity index (χ4v) is 3.31. The Morgan fingerprint density at radius 2 is 2.09 bits per heavy atom. The Balaban J connectivity index is 0.00000264. The number of ether oxygens (including phenoxy) is 1. The van der Waals surface area contributed by atoms with Crippen molar-refractivity contribution in [1.29, 1.82) is 0 Å². The van der Waals surface area contributed by atoms with Crippen molar-refractivity contribution < 1.29 is 9.53 Å². The first-order valence-corrected chi connectivity index (χ1v) is 8.68. The summed E-state index contributed by atoms with van der Waals surface area (Å²) in [5.74, 6) is 1.57. The summed E-state index contributed by atoms with van der Waals surface area (Å²) in [7, 11) is 1.68. The summed E-state index contributed by atoms with van der Waals surface area (Å²) >= 11 is 1.70. The van der Waals surface area contributed by atoms with Crippen LogP contribution in [-0.2, 0) is 4.79 Å². The van der Waals surface area contributed by atoms with Gasteiger partial charge in [-0.2, -0.15) is 0 Å². The summed E-state index contributed by atoms with van der Waals surface area (Å²) in [6.45, 7) is 8.78. The highest BCUT2D eigenvalue weighted by molar-refractivity contribution is 8.01. The van der Waals surface area contributed by atoms with Gasteiger partial charge < -0.3 is 15.0 Å². The molecule has 0 saturated carbocycles. The van der Waals surface area contributed by atoms with Gasteiger partial charge in [-0.15, -0.1) is 24.2 Å². The molecule has 1 heterocycles. The van der Waals surface area contributed by atoms with Crippen LogP contribution in [0.3, 0.4) is 0 Å². The molecule has 0 bridgehead atoms. The van der Waals surface area contributed by atoms with Crippen molar-refractivity contribution >= 4 is 30.1 Å². The van der Waals surface area contributed by atoms with Crippen molar-refractivity contribution in [2.75, 3.05) is 32.5 Å². The number of methoxy groups -OCH3 is 1. The number of piperazine rings is 1. The molecule has 0 radical (unpaired) electrons. The largest absolute Gasteiger partial charge is 0.496 e. The number of amides is 1. The fraction of sp³-hybridized carbons (Fsp3) is 0.588. The van der Waals surface area contributed by atoms with E-state index in [0.29, 0.717) is 5.75 Å². The first kappa shape index (κ1) is 20.1. The number of carbonyl (C=O) groups excluding carboxylic acids is 1. The van der Waals surface area contributed by atoms with Gasteiger partial charge in [0.05, 0.1) is 18.9 Å². The van der Waals surface area contributed by atoms with Crippen LogP contribution >= 0.6 is 24.2 Å². The monoisotopic (exact) mass is 358 g/mol. The third-order valence-corrected chi connectivity index (χ3v) is 4.95. The minimum absolute atomic E-state index is 0. The Labute approximate surface area is 149 Å². The van der Waals surface area contributed by atoms with Gasteiger partial charge in [0.15, 0.2) is 0 Å². The van der Waals surface area contributed by atoms with Gasteiger partial charge in [0.1, 0.15) is 5.75 Å². The van der Waals surface area contributed by atoms with E-state index in [1.807, 2.05) is 29.2 Å². The maximum atomic E-state index is 12.7. The van der Waals surface area contributed by atoms with E-state index in [4.69, 9.17) is 4.74 Å². The van der Waals surface area contributed by atoms with E-state index in [1.54, 1.807) is 18.9 Å². The van der Waals surface area contributed by atoms with Crippen LogP contribution in [0.4, 0.5) is 0 Å². The predicted octanol–water partition coefficient (Wildman–Crippen LogP) is 3.12. The number of hydrogen-bond donors (Lipinski definition) is 1. The molecular weight excluding hydrogens is 332 g/mol. The molecule has 23 heavy (non-hydrogen) atoms. The van der Waals surface area contributed by atoms with Crippen molar-refractivity contribution in [2.45, 2.75) is 31.6 Å². The summed E-state index contributed by atoms with van der Waals surface area (Å²) in [4.78, 5) is 14.7. The molecule has 0 aliphatic carbocycles. The van der Waals surface area contributed by atoms with E-state index in [-0.39, 0.29) is 29.1 Å². The zero-order valence-electron chi connectivity index (χ0n) is 14.3. The molecule has 1 aromatic carbocycles. The highest BCUT2D eigenvalue weighted by Crippen LogP contribution is 2.31. The number of halogens is 1. The predicted molar refractivity (Wildman–Crippen MR) is 99.8 cm³/mol. The molecule has 130 valence electrons. The van der Waals surface area contributed by atoms with E-state index >= 15 is 0 Å². The molecule has 1 unspecified atom stereocenters. The van der Waals surface area contributed by atoms with Gasteiger partial charge in [0, 0.05) is 29.9 Å². The second kappa shape index (κ2) is 8.81. The van der Waals surface area contributed by atoms with Crippen LogP contribution in [0.2, 0.25) is 0 Å². The molecule has 1 N–H and O–H groups in total. The van der Waals surface area contributed by atoms with E-state index in [1.165, 1.54) is 0 Å². The normalized spacial score (nSPS) is 18.3. The first-order chi connectivity index (χ1) is 10.4. The van der Waals surface area contributed by atoms with E-state index in [2.05, 4.69) is 26.1 Å². The van der Waals surface area contributed by atoms with Crippen molar-refractivity contribution in [3.05, 3.63) is 29.8 Å². The number of hydrogen-bond acceptors (Lipinski definition) is 4. The molecule has 0 aromatic heterocycles. The van der Waals surface area contributed by atoms with Gasteiger partial charge in [-0.1, -0.05) is 39.0 Å². The third-order valence-electron chi connectivity index (χ3n) is 3.69. The van der Waals surface area contributed by atoms with Crippen molar-refractivity contribution in [3.8, 4) is 5.75 Å². The zero-order valence-corrected chi connectivity index (χ0v) is 15.9. The number of para-hydroxylation sites is 1. The Hall–Kier alpha value is -0.910. The molecule has 1 aromatic rings. The number of nitrogens with zero attached hydrogens (tertiary/aromatic N) is 1. The molecule has 1 amide bonds. The maximum Gasteiger partial charge on any atom is 0.233 e. The molecule has 1 atom stereocenters. The Kier molecular flexibility index (Phi) is 7.71. The molecule has 1 saturated heterocycles. The van der Waals surface area contributed by atoms with Crippen LogP contribution in [0, 0.1) is 0 Å². The number of nitrogens with one attached hydrogen (secondary N) is 1. The highest BCUT2D eigenvalue weighted by Gasteiger charge is 2.30. The molecular formula is C17H27ClN2O2S. The number of benzene rings is 1. The summed E-state index contributed by atoms with van der Waals surface area (Å²) in [5, 5.41) is 3.39. The Morgan fingerprint density at radius 3 is 2.74 bits per heavy atom. The van der Waals surface area contributed by atoms with Crippen LogP contribution in [0.15, 0.2) is 24.3 Å². The van der Waals surface area contributed by atoms with Crippen molar-refractivity contribution in [1.82, 2.24) is 10.2 Å². The van der Waals surface area contributed by atoms with Crippen LogP contribution in [0.5, 0.6) is 5.75 Å². The lowest BCUT2D eigenvalue weighted by atomic mass is 10.0. The lowest BCUT2D eigenvalue weighted by Crippen LogP contribution is -2.49. The van der Waals surface area contributed by atoms with Crippen molar-refractivity contribution in [2.24, 2.45) is 0 Å². The fourth-order valence-electron chi connectivity index (χ4n) is 2.58. The van der Waals surface area contributed by atoms with E-state index < -0.39 is 0 Å². The first-order valence-electron chi connectivity index (χ1n) is 7.69. The number of carbonyl (C=O) groups is 1. The summed E-state index contributed by atoms with van der Waals surface area (Å²) in [6.07, 6.45) is 0. The highest BCUT2D eigenvalue weighted by atomic mass is 35.5. The van der Waals surface area contributed by atoms with Crippen LogP contribution in [0.1, 0.15) is 32.4 Å². The van der Waals surface area contributed by atoms with Gasteiger partial charge >= 0.3 is 0 Å². The molecule has 4 nitrogen and oxygen atoms in total. The minimum Gasteiger partial charge on any atom is -0.496 e. The smallest absolute Gasteiger partial charge is 0.233 e. The van der Waals surface area contributed by atoms with Gasteiger partial charge in [-0.3, -0.25) is 4.79 Å². The van der Waals surface area contributed by atoms with Crippen LogP contribution < -0.4 is 10.1 Å².